The number of aliphatic carboxylic acids is 1. The molecular formula is C24H38N2O5. The molecule has 3 N–H and O–H groups in total. The van der Waals surface area contributed by atoms with Crippen LogP contribution >= 0.6 is 0 Å². The minimum atomic E-state index is -1.06. The van der Waals surface area contributed by atoms with E-state index >= 15 is 0 Å². The fourth-order valence-corrected chi connectivity index (χ4v) is 3.27. The molecule has 7 heteroatoms. The van der Waals surface area contributed by atoms with Crippen LogP contribution in [0.5, 0.6) is 0 Å². The van der Waals surface area contributed by atoms with Gasteiger partial charge < -0.3 is 20.5 Å². The summed E-state index contributed by atoms with van der Waals surface area (Å²) in [4.78, 5) is 36.5. The van der Waals surface area contributed by atoms with E-state index in [1.807, 2.05) is 44.2 Å². The average Bonchev–Trinajstić information content (AvgIpc) is 2.73. The van der Waals surface area contributed by atoms with Crippen molar-refractivity contribution < 1.29 is 24.2 Å². The normalized spacial score (nSPS) is 12.8. The highest BCUT2D eigenvalue weighted by Gasteiger charge is 2.27. The Kier molecular flexibility index (Phi) is 13.0. The minimum absolute atomic E-state index is 0.0957. The summed E-state index contributed by atoms with van der Waals surface area (Å²) in [5, 5.41) is 14.7. The first-order chi connectivity index (χ1) is 14.8. The van der Waals surface area contributed by atoms with E-state index in [0.29, 0.717) is 12.8 Å². The quantitative estimate of drug-likeness (QED) is 0.349. The molecule has 31 heavy (non-hydrogen) atoms. The summed E-state index contributed by atoms with van der Waals surface area (Å²) in [5.74, 6) is -1.42. The number of hydrogen-bond acceptors (Lipinski definition) is 4. The summed E-state index contributed by atoms with van der Waals surface area (Å²) in [6, 6.07) is 7.43. The lowest BCUT2D eigenvalue weighted by atomic mass is 10.0. The van der Waals surface area contributed by atoms with Crippen LogP contribution in [0.1, 0.15) is 77.7 Å². The SMILES string of the molecule is CCCCCCCC[C@H](NC(=O)[C@H](CC(C)C)NC(=O)OCc1ccccc1)C(=O)O. The molecule has 0 aromatic heterocycles. The molecule has 0 heterocycles. The third-order valence-corrected chi connectivity index (χ3v) is 4.99. The second-order valence-corrected chi connectivity index (χ2v) is 8.34. The van der Waals surface area contributed by atoms with E-state index in [-0.39, 0.29) is 12.5 Å². The van der Waals surface area contributed by atoms with Gasteiger partial charge in [-0.3, -0.25) is 4.79 Å². The van der Waals surface area contributed by atoms with E-state index < -0.39 is 30.1 Å². The van der Waals surface area contributed by atoms with Gasteiger partial charge in [0.15, 0.2) is 0 Å². The summed E-state index contributed by atoms with van der Waals surface area (Å²) in [6.45, 7) is 6.11. The van der Waals surface area contributed by atoms with Crippen molar-refractivity contribution in [3.05, 3.63) is 35.9 Å². The Hall–Kier alpha value is -2.57. The van der Waals surface area contributed by atoms with E-state index in [9.17, 15) is 19.5 Å². The molecule has 0 bridgehead atoms. The van der Waals surface area contributed by atoms with Crippen LogP contribution in [-0.4, -0.2) is 35.2 Å². The minimum Gasteiger partial charge on any atom is -0.480 e. The fourth-order valence-electron chi connectivity index (χ4n) is 3.27. The van der Waals surface area contributed by atoms with Crippen molar-refractivity contribution in [1.29, 1.82) is 0 Å². The predicted molar refractivity (Wildman–Crippen MR) is 121 cm³/mol. The number of carbonyl (C=O) groups excluding carboxylic acids is 2. The Balaban J connectivity index is 2.57. The number of ether oxygens (including phenoxy) is 1. The van der Waals surface area contributed by atoms with Crippen molar-refractivity contribution in [3.63, 3.8) is 0 Å². The first-order valence-electron chi connectivity index (χ1n) is 11.3. The maximum Gasteiger partial charge on any atom is 0.408 e. The molecule has 2 amide bonds. The zero-order valence-electron chi connectivity index (χ0n) is 19.1. The first-order valence-corrected chi connectivity index (χ1v) is 11.3. The Morgan fingerprint density at radius 3 is 2.19 bits per heavy atom. The highest BCUT2D eigenvalue weighted by Crippen LogP contribution is 2.11. The van der Waals surface area contributed by atoms with Crippen molar-refractivity contribution >= 4 is 18.0 Å². The van der Waals surface area contributed by atoms with Gasteiger partial charge in [-0.1, -0.05) is 89.6 Å². The first kappa shape index (κ1) is 26.5. The summed E-state index contributed by atoms with van der Waals surface area (Å²) < 4.78 is 5.21. The number of unbranched alkanes of at least 4 members (excludes halogenated alkanes) is 5. The van der Waals surface area contributed by atoms with Gasteiger partial charge in [0.25, 0.3) is 0 Å². The Bertz CT molecular complexity index is 663. The topological polar surface area (TPSA) is 105 Å². The molecule has 0 aliphatic carbocycles. The molecule has 0 aliphatic rings. The molecule has 2 atom stereocenters. The van der Waals surface area contributed by atoms with Crippen LogP contribution in [0.3, 0.4) is 0 Å². The molecule has 174 valence electrons. The molecule has 0 fully saturated rings. The number of rotatable bonds is 15. The van der Waals surface area contributed by atoms with Crippen LogP contribution in [0.25, 0.3) is 0 Å². The van der Waals surface area contributed by atoms with Crippen molar-refractivity contribution in [1.82, 2.24) is 10.6 Å². The van der Waals surface area contributed by atoms with Crippen molar-refractivity contribution in [2.75, 3.05) is 0 Å². The van der Waals surface area contributed by atoms with Crippen molar-refractivity contribution in [2.45, 2.75) is 90.8 Å². The fraction of sp³-hybridized carbons (Fsp3) is 0.625. The maximum atomic E-state index is 12.7. The van der Waals surface area contributed by atoms with Crippen LogP contribution in [0.15, 0.2) is 30.3 Å². The molecule has 0 unspecified atom stereocenters. The zero-order valence-corrected chi connectivity index (χ0v) is 19.1. The lowest BCUT2D eigenvalue weighted by Crippen LogP contribution is -2.52. The largest absolute Gasteiger partial charge is 0.480 e. The van der Waals surface area contributed by atoms with Crippen LogP contribution in [-0.2, 0) is 20.9 Å². The summed E-state index contributed by atoms with van der Waals surface area (Å²) in [7, 11) is 0. The van der Waals surface area contributed by atoms with E-state index in [0.717, 1.165) is 37.7 Å². The number of amides is 2. The molecule has 0 spiro atoms. The van der Waals surface area contributed by atoms with Crippen LogP contribution in [0.4, 0.5) is 4.79 Å². The Morgan fingerprint density at radius 1 is 0.935 bits per heavy atom. The van der Waals surface area contributed by atoms with Crippen molar-refractivity contribution in [3.8, 4) is 0 Å². The molecule has 1 rings (SSSR count). The highest BCUT2D eigenvalue weighted by molar-refractivity contribution is 5.89. The van der Waals surface area contributed by atoms with E-state index in [1.54, 1.807) is 0 Å². The standard InChI is InChI=1S/C24H38N2O5/c1-4-5-6-7-8-12-15-20(23(28)29)25-22(27)21(16-18(2)3)26-24(30)31-17-19-13-10-9-11-14-19/h9-11,13-14,18,20-21H,4-8,12,15-17H2,1-3H3,(H,25,27)(H,26,30)(H,28,29)/t20-,21-/m0/s1. The summed E-state index contributed by atoms with van der Waals surface area (Å²) >= 11 is 0. The van der Waals surface area contributed by atoms with Crippen LogP contribution in [0.2, 0.25) is 0 Å². The lowest BCUT2D eigenvalue weighted by molar-refractivity contribution is -0.142. The Morgan fingerprint density at radius 2 is 1.58 bits per heavy atom. The van der Waals surface area contributed by atoms with E-state index in [1.165, 1.54) is 6.42 Å². The summed E-state index contributed by atoms with van der Waals surface area (Å²) in [6.07, 6.45) is 6.29. The monoisotopic (exact) mass is 434 g/mol. The van der Waals surface area contributed by atoms with Gasteiger partial charge in [0.2, 0.25) is 5.91 Å². The third kappa shape index (κ3) is 12.0. The number of carboxylic acid groups (broad SMARTS) is 1. The maximum absolute atomic E-state index is 12.7. The van der Waals surface area contributed by atoms with Gasteiger partial charge in [-0.15, -0.1) is 0 Å². The molecule has 7 nitrogen and oxygen atoms in total. The van der Waals surface area contributed by atoms with Gasteiger partial charge in [-0.05, 0) is 24.3 Å². The Labute approximate surface area is 185 Å². The molecule has 1 aromatic rings. The van der Waals surface area contributed by atoms with Gasteiger partial charge in [0, 0.05) is 0 Å². The molecule has 0 aliphatic heterocycles. The van der Waals surface area contributed by atoms with Gasteiger partial charge in [0.05, 0.1) is 0 Å². The number of nitrogens with one attached hydrogen (secondary N) is 2. The third-order valence-electron chi connectivity index (χ3n) is 4.99. The van der Waals surface area contributed by atoms with Gasteiger partial charge in [0.1, 0.15) is 18.7 Å². The van der Waals surface area contributed by atoms with Crippen LogP contribution < -0.4 is 10.6 Å². The second-order valence-electron chi connectivity index (χ2n) is 8.34. The van der Waals surface area contributed by atoms with E-state index in [4.69, 9.17) is 4.74 Å². The lowest BCUT2D eigenvalue weighted by Gasteiger charge is -2.22. The molecule has 0 saturated heterocycles. The molecular weight excluding hydrogens is 396 g/mol. The highest BCUT2D eigenvalue weighted by atomic mass is 16.5. The predicted octanol–water partition coefficient (Wildman–Crippen LogP) is 4.65. The van der Waals surface area contributed by atoms with Crippen molar-refractivity contribution in [2.24, 2.45) is 5.92 Å². The number of carboxylic acids is 1. The number of alkyl carbamates (subject to hydrolysis) is 1. The zero-order chi connectivity index (χ0) is 23.1. The smallest absolute Gasteiger partial charge is 0.408 e. The van der Waals surface area contributed by atoms with Gasteiger partial charge >= 0.3 is 12.1 Å². The number of benzene rings is 1. The second kappa shape index (κ2) is 15.3. The van der Waals surface area contributed by atoms with Gasteiger partial charge in [-0.25, -0.2) is 9.59 Å². The number of carbonyl (C=O) groups is 3. The van der Waals surface area contributed by atoms with Crippen LogP contribution in [0, 0.1) is 5.92 Å². The molecule has 0 saturated carbocycles. The summed E-state index contributed by atoms with van der Waals surface area (Å²) in [5.41, 5.74) is 0.840. The van der Waals surface area contributed by atoms with Gasteiger partial charge in [-0.2, -0.15) is 0 Å². The molecule has 0 radical (unpaired) electrons. The average molecular weight is 435 g/mol. The molecule has 1 aromatic carbocycles. The van der Waals surface area contributed by atoms with E-state index in [2.05, 4.69) is 17.6 Å². The number of hydrogen-bond donors (Lipinski definition) is 3.